The molecule has 0 fully saturated rings. The number of pyridine rings is 1. The second-order valence-corrected chi connectivity index (χ2v) is 7.16. The predicted octanol–water partition coefficient (Wildman–Crippen LogP) is 2.83. The topological polar surface area (TPSA) is 89.7 Å². The van der Waals surface area contributed by atoms with Gasteiger partial charge in [-0.25, -0.2) is 15.0 Å². The van der Waals surface area contributed by atoms with Crippen LogP contribution < -0.4 is 4.74 Å². The monoisotopic (exact) mass is 400 g/mol. The summed E-state index contributed by atoms with van der Waals surface area (Å²) in [4.78, 5) is 15.6. The standard InChI is InChI=1S/C18H21ClN8O/c1-10(25(2)3)16-22-17(24-23-16)15-14(27-7-6-20-9-27)13-12(26(15)4)8-11(19)18(21-13)28-5/h6-10H,1-5H3,(H,22,23,24)/t10-/m1/s1. The van der Waals surface area contributed by atoms with Crippen LogP contribution in [0.5, 0.6) is 5.88 Å². The molecule has 0 saturated heterocycles. The number of rotatable bonds is 5. The van der Waals surface area contributed by atoms with Gasteiger partial charge in [0.15, 0.2) is 5.82 Å². The molecule has 0 amide bonds. The van der Waals surface area contributed by atoms with E-state index in [2.05, 4.69) is 32.0 Å². The quantitative estimate of drug-likeness (QED) is 0.554. The minimum atomic E-state index is 0.0975. The Labute approximate surface area is 166 Å². The fraction of sp³-hybridized carbons (Fsp3) is 0.333. The van der Waals surface area contributed by atoms with E-state index >= 15 is 0 Å². The first kappa shape index (κ1) is 18.5. The molecule has 4 aromatic rings. The van der Waals surface area contributed by atoms with Crippen molar-refractivity contribution >= 4 is 22.6 Å². The van der Waals surface area contributed by atoms with E-state index in [1.54, 1.807) is 19.6 Å². The minimum Gasteiger partial charge on any atom is -0.480 e. The Hall–Kier alpha value is -2.91. The van der Waals surface area contributed by atoms with Crippen LogP contribution in [0.4, 0.5) is 0 Å². The number of hydrogen-bond donors (Lipinski definition) is 1. The molecule has 1 atom stereocenters. The second kappa shape index (κ2) is 6.92. The Bertz CT molecular complexity index is 1130. The van der Waals surface area contributed by atoms with E-state index in [9.17, 15) is 0 Å². The highest BCUT2D eigenvalue weighted by molar-refractivity contribution is 6.32. The number of methoxy groups -OCH3 is 1. The summed E-state index contributed by atoms with van der Waals surface area (Å²) in [7, 11) is 7.48. The molecule has 10 heteroatoms. The van der Waals surface area contributed by atoms with Crippen LogP contribution in [0.3, 0.4) is 0 Å². The van der Waals surface area contributed by atoms with Gasteiger partial charge in [-0.15, -0.1) is 0 Å². The van der Waals surface area contributed by atoms with Gasteiger partial charge in [-0.3, -0.25) is 10.00 Å². The molecule has 9 nitrogen and oxygen atoms in total. The van der Waals surface area contributed by atoms with Crippen LogP contribution in [0.15, 0.2) is 24.8 Å². The Morgan fingerprint density at radius 2 is 2.07 bits per heavy atom. The number of ether oxygens (including phenoxy) is 1. The van der Waals surface area contributed by atoms with Gasteiger partial charge in [-0.2, -0.15) is 5.10 Å². The van der Waals surface area contributed by atoms with E-state index < -0.39 is 0 Å². The van der Waals surface area contributed by atoms with Crippen LogP contribution in [0, 0.1) is 0 Å². The Kier molecular flexibility index (Phi) is 4.56. The lowest BCUT2D eigenvalue weighted by Gasteiger charge is -2.16. The molecule has 0 aliphatic carbocycles. The van der Waals surface area contributed by atoms with Gasteiger partial charge < -0.3 is 13.9 Å². The molecule has 0 aliphatic heterocycles. The number of hydrogen-bond acceptors (Lipinski definition) is 6. The van der Waals surface area contributed by atoms with Crippen LogP contribution in [0.25, 0.3) is 28.2 Å². The number of nitrogens with zero attached hydrogens (tertiary/aromatic N) is 7. The first-order chi connectivity index (χ1) is 13.4. The van der Waals surface area contributed by atoms with E-state index in [1.165, 1.54) is 0 Å². The largest absolute Gasteiger partial charge is 0.480 e. The summed E-state index contributed by atoms with van der Waals surface area (Å²) >= 11 is 6.33. The number of halogens is 1. The summed E-state index contributed by atoms with van der Waals surface area (Å²) in [6.45, 7) is 2.06. The van der Waals surface area contributed by atoms with E-state index in [-0.39, 0.29) is 6.04 Å². The summed E-state index contributed by atoms with van der Waals surface area (Å²) in [5.41, 5.74) is 3.19. The third kappa shape index (κ3) is 2.83. The molecule has 4 aromatic heterocycles. The summed E-state index contributed by atoms with van der Waals surface area (Å²) in [6.07, 6.45) is 5.29. The molecule has 0 aromatic carbocycles. The highest BCUT2D eigenvalue weighted by atomic mass is 35.5. The van der Waals surface area contributed by atoms with Crippen molar-refractivity contribution in [1.29, 1.82) is 0 Å². The molecule has 28 heavy (non-hydrogen) atoms. The SMILES string of the molecule is COc1nc2c(-n3ccnc3)c(-c3n[nH]c([C@@H](C)N(C)C)n3)n(C)c2cc1Cl. The predicted molar refractivity (Wildman–Crippen MR) is 107 cm³/mol. The summed E-state index contributed by atoms with van der Waals surface area (Å²) in [5.74, 6) is 1.72. The first-order valence-electron chi connectivity index (χ1n) is 8.72. The van der Waals surface area contributed by atoms with Gasteiger partial charge in [0.25, 0.3) is 0 Å². The molecule has 0 unspecified atom stereocenters. The maximum Gasteiger partial charge on any atom is 0.233 e. The van der Waals surface area contributed by atoms with Crippen molar-refractivity contribution in [2.24, 2.45) is 7.05 Å². The molecular weight excluding hydrogens is 380 g/mol. The summed E-state index contributed by atoms with van der Waals surface area (Å²) < 4.78 is 9.20. The number of aryl methyl sites for hydroxylation is 1. The van der Waals surface area contributed by atoms with E-state index in [0.29, 0.717) is 16.7 Å². The Balaban J connectivity index is 2.00. The van der Waals surface area contributed by atoms with Gasteiger partial charge in [0.1, 0.15) is 27.7 Å². The summed E-state index contributed by atoms with van der Waals surface area (Å²) in [5, 5.41) is 7.96. The number of nitrogens with one attached hydrogen (secondary N) is 1. The van der Waals surface area contributed by atoms with Crippen molar-refractivity contribution in [2.45, 2.75) is 13.0 Å². The molecule has 0 bridgehead atoms. The van der Waals surface area contributed by atoms with Crippen molar-refractivity contribution < 1.29 is 4.74 Å². The molecule has 0 spiro atoms. The zero-order valence-electron chi connectivity index (χ0n) is 16.3. The second-order valence-electron chi connectivity index (χ2n) is 6.76. The normalized spacial score (nSPS) is 12.8. The number of aromatic nitrogens is 7. The van der Waals surface area contributed by atoms with Crippen LogP contribution in [0.2, 0.25) is 5.02 Å². The highest BCUT2D eigenvalue weighted by Gasteiger charge is 2.25. The molecular formula is C18H21ClN8O. The van der Waals surface area contributed by atoms with E-state index in [0.717, 1.165) is 28.2 Å². The average Bonchev–Trinajstić information content (AvgIpc) is 3.40. The zero-order chi connectivity index (χ0) is 20.0. The Morgan fingerprint density at radius 3 is 2.71 bits per heavy atom. The Morgan fingerprint density at radius 1 is 1.29 bits per heavy atom. The van der Waals surface area contributed by atoms with Crippen LogP contribution in [-0.4, -0.2) is 60.4 Å². The smallest absolute Gasteiger partial charge is 0.233 e. The van der Waals surface area contributed by atoms with Gasteiger partial charge in [0.05, 0.1) is 25.0 Å². The van der Waals surface area contributed by atoms with E-state index in [4.69, 9.17) is 21.3 Å². The van der Waals surface area contributed by atoms with Gasteiger partial charge in [0.2, 0.25) is 5.88 Å². The zero-order valence-corrected chi connectivity index (χ0v) is 17.1. The number of imidazole rings is 1. The van der Waals surface area contributed by atoms with Crippen LogP contribution in [0.1, 0.15) is 18.8 Å². The molecule has 0 aliphatic rings. The van der Waals surface area contributed by atoms with Crippen molar-refractivity contribution in [3.63, 3.8) is 0 Å². The molecule has 1 N–H and O–H groups in total. The van der Waals surface area contributed by atoms with Crippen molar-refractivity contribution in [2.75, 3.05) is 21.2 Å². The fourth-order valence-corrected chi connectivity index (χ4v) is 3.35. The lowest BCUT2D eigenvalue weighted by atomic mass is 10.3. The number of fused-ring (bicyclic) bond motifs is 1. The molecule has 4 rings (SSSR count). The average molecular weight is 401 g/mol. The number of H-pyrrole nitrogens is 1. The van der Waals surface area contributed by atoms with Crippen molar-refractivity contribution in [3.8, 4) is 23.1 Å². The summed E-state index contributed by atoms with van der Waals surface area (Å²) in [6, 6.07) is 1.93. The molecule has 146 valence electrons. The maximum absolute atomic E-state index is 6.33. The fourth-order valence-electron chi connectivity index (χ4n) is 3.13. The van der Waals surface area contributed by atoms with Crippen LogP contribution >= 0.6 is 11.6 Å². The van der Waals surface area contributed by atoms with Crippen molar-refractivity contribution in [3.05, 3.63) is 35.6 Å². The number of aromatic amines is 1. The van der Waals surface area contributed by atoms with Crippen LogP contribution in [-0.2, 0) is 7.05 Å². The molecule has 4 heterocycles. The third-order valence-corrected chi connectivity index (χ3v) is 5.18. The van der Waals surface area contributed by atoms with Gasteiger partial charge in [-0.05, 0) is 27.1 Å². The maximum atomic E-state index is 6.33. The third-order valence-electron chi connectivity index (χ3n) is 4.91. The lowest BCUT2D eigenvalue weighted by Crippen LogP contribution is -2.17. The van der Waals surface area contributed by atoms with Gasteiger partial charge in [0, 0.05) is 19.4 Å². The molecule has 0 saturated carbocycles. The van der Waals surface area contributed by atoms with Gasteiger partial charge in [-0.1, -0.05) is 11.6 Å². The molecule has 0 radical (unpaired) electrons. The lowest BCUT2D eigenvalue weighted by molar-refractivity contribution is 0.309. The highest BCUT2D eigenvalue weighted by Crippen LogP contribution is 2.37. The minimum absolute atomic E-state index is 0.0975. The van der Waals surface area contributed by atoms with Crippen molar-refractivity contribution in [1.82, 2.24) is 39.2 Å². The first-order valence-corrected chi connectivity index (χ1v) is 9.10. The van der Waals surface area contributed by atoms with Gasteiger partial charge >= 0.3 is 0 Å². The van der Waals surface area contributed by atoms with E-state index in [1.807, 2.05) is 42.5 Å².